The van der Waals surface area contributed by atoms with Gasteiger partial charge < -0.3 is 0 Å². The van der Waals surface area contributed by atoms with E-state index in [2.05, 4.69) is 10.5 Å². The minimum Gasteiger partial charge on any atom is -0.271 e. The van der Waals surface area contributed by atoms with Crippen molar-refractivity contribution in [3.05, 3.63) is 29.8 Å². The van der Waals surface area contributed by atoms with Crippen LogP contribution in [0.2, 0.25) is 0 Å². The Hall–Kier alpha value is -2.10. The van der Waals surface area contributed by atoms with E-state index in [9.17, 15) is 26.4 Å². The molecule has 6 nitrogen and oxygen atoms in total. The van der Waals surface area contributed by atoms with Crippen molar-refractivity contribution >= 4 is 27.3 Å². The molecule has 2 rings (SSSR count). The van der Waals surface area contributed by atoms with Gasteiger partial charge >= 0.3 is 6.18 Å². The van der Waals surface area contributed by atoms with Crippen LogP contribution in [0.25, 0.3) is 0 Å². The summed E-state index contributed by atoms with van der Waals surface area (Å²) in [5.41, 5.74) is 2.05. The SMILES string of the molecule is CS(=O)(=O)N(CC(=O)NN=C1CCCCCCCCCCC1)c1cccc(C(F)(F)F)c1. The van der Waals surface area contributed by atoms with E-state index in [1.165, 1.54) is 38.2 Å². The first kappa shape index (κ1) is 26.2. The maximum absolute atomic E-state index is 13.0. The zero-order chi connectivity index (χ0) is 23.6. The molecule has 180 valence electrons. The van der Waals surface area contributed by atoms with Gasteiger partial charge in [-0.25, -0.2) is 13.8 Å². The number of alkyl halides is 3. The summed E-state index contributed by atoms with van der Waals surface area (Å²) in [4.78, 5) is 12.4. The number of nitrogens with one attached hydrogen (secondary N) is 1. The molecular formula is C22H32F3N3O3S. The number of benzene rings is 1. The quantitative estimate of drug-likeness (QED) is 0.591. The van der Waals surface area contributed by atoms with Crippen LogP contribution < -0.4 is 9.73 Å². The van der Waals surface area contributed by atoms with Gasteiger partial charge in [0.2, 0.25) is 10.0 Å². The highest BCUT2D eigenvalue weighted by Gasteiger charge is 2.32. The molecule has 1 aliphatic rings. The highest BCUT2D eigenvalue weighted by atomic mass is 32.2. The predicted molar refractivity (Wildman–Crippen MR) is 120 cm³/mol. The fourth-order valence-electron chi connectivity index (χ4n) is 3.68. The minimum atomic E-state index is -4.62. The Labute approximate surface area is 188 Å². The lowest BCUT2D eigenvalue weighted by atomic mass is 10.00. The second kappa shape index (κ2) is 12.2. The summed E-state index contributed by atoms with van der Waals surface area (Å²) in [6.07, 6.45) is 8.03. The summed E-state index contributed by atoms with van der Waals surface area (Å²) in [5, 5.41) is 4.21. The Morgan fingerprint density at radius 2 is 1.53 bits per heavy atom. The Kier molecular flexibility index (Phi) is 9.99. The molecular weight excluding hydrogens is 443 g/mol. The lowest BCUT2D eigenvalue weighted by Crippen LogP contribution is -2.39. The second-order valence-corrected chi connectivity index (χ2v) is 10.1. The number of amides is 1. The molecule has 1 amide bonds. The third-order valence-electron chi connectivity index (χ3n) is 5.42. The third-order valence-corrected chi connectivity index (χ3v) is 6.56. The molecule has 0 saturated heterocycles. The van der Waals surface area contributed by atoms with Crippen molar-refractivity contribution in [3.8, 4) is 0 Å². The van der Waals surface area contributed by atoms with Gasteiger partial charge in [0.25, 0.3) is 5.91 Å². The van der Waals surface area contributed by atoms with Gasteiger partial charge in [0.05, 0.1) is 17.5 Å². The normalized spacial score (nSPS) is 17.1. The maximum atomic E-state index is 13.0. The number of anilines is 1. The summed E-state index contributed by atoms with van der Waals surface area (Å²) in [5.74, 6) is -0.702. The van der Waals surface area contributed by atoms with Crippen molar-refractivity contribution in [1.82, 2.24) is 5.43 Å². The maximum Gasteiger partial charge on any atom is 0.416 e. The molecule has 1 aromatic carbocycles. The molecule has 1 saturated carbocycles. The van der Waals surface area contributed by atoms with E-state index in [-0.39, 0.29) is 5.69 Å². The van der Waals surface area contributed by atoms with Crippen molar-refractivity contribution in [2.45, 2.75) is 76.8 Å². The molecule has 1 fully saturated rings. The van der Waals surface area contributed by atoms with Gasteiger partial charge in [0, 0.05) is 5.71 Å². The number of hydrogen-bond acceptors (Lipinski definition) is 4. The summed E-state index contributed by atoms with van der Waals surface area (Å²) >= 11 is 0. The number of hydrazone groups is 1. The molecule has 0 atom stereocenters. The fraction of sp³-hybridized carbons (Fsp3) is 0.636. The molecule has 0 bridgehead atoms. The summed E-state index contributed by atoms with van der Waals surface area (Å²) in [6, 6.07) is 3.90. The lowest BCUT2D eigenvalue weighted by molar-refractivity contribution is -0.137. The molecule has 1 aromatic rings. The molecule has 1 N–H and O–H groups in total. The van der Waals surface area contributed by atoms with Crippen molar-refractivity contribution in [2.75, 3.05) is 17.1 Å². The number of sulfonamides is 1. The first-order chi connectivity index (χ1) is 15.1. The molecule has 0 spiro atoms. The van der Waals surface area contributed by atoms with Crippen LogP contribution in [0.3, 0.4) is 0 Å². The molecule has 10 heteroatoms. The van der Waals surface area contributed by atoms with Crippen LogP contribution in [0.5, 0.6) is 0 Å². The van der Waals surface area contributed by atoms with Gasteiger partial charge in [-0.1, -0.05) is 51.0 Å². The van der Waals surface area contributed by atoms with Crippen LogP contribution in [0.1, 0.15) is 76.2 Å². The summed E-state index contributed by atoms with van der Waals surface area (Å²) in [6.45, 7) is -0.656. The number of hydrogen-bond donors (Lipinski definition) is 1. The van der Waals surface area contributed by atoms with Gasteiger partial charge in [0.15, 0.2) is 0 Å². The zero-order valence-corrected chi connectivity index (χ0v) is 19.3. The number of carbonyl (C=O) groups is 1. The standard InChI is InChI=1S/C22H32F3N3O3S/c1-32(30,31)28(20-15-11-12-18(16-20)22(23,24)25)17-21(29)27-26-19-13-9-7-5-3-2-4-6-8-10-14-19/h11-12,15-16H,2-10,13-14,17H2,1H3,(H,27,29). The second-order valence-electron chi connectivity index (χ2n) is 8.21. The van der Waals surface area contributed by atoms with Crippen LogP contribution in [-0.2, 0) is 21.0 Å². The van der Waals surface area contributed by atoms with E-state index in [4.69, 9.17) is 0 Å². The van der Waals surface area contributed by atoms with E-state index in [0.717, 1.165) is 62.6 Å². The third kappa shape index (κ3) is 9.18. The van der Waals surface area contributed by atoms with Crippen molar-refractivity contribution in [1.29, 1.82) is 0 Å². The van der Waals surface area contributed by atoms with E-state index >= 15 is 0 Å². The first-order valence-corrected chi connectivity index (χ1v) is 12.9. The Bertz CT molecular complexity index is 872. The number of nitrogens with zero attached hydrogens (tertiary/aromatic N) is 2. The monoisotopic (exact) mass is 475 g/mol. The number of rotatable bonds is 5. The fourth-order valence-corrected chi connectivity index (χ4v) is 4.53. The van der Waals surface area contributed by atoms with E-state index in [1.807, 2.05) is 0 Å². The van der Waals surface area contributed by atoms with Crippen LogP contribution >= 0.6 is 0 Å². The van der Waals surface area contributed by atoms with Crippen LogP contribution in [0.4, 0.5) is 18.9 Å². The van der Waals surface area contributed by atoms with Crippen molar-refractivity contribution < 1.29 is 26.4 Å². The average molecular weight is 476 g/mol. The Balaban J connectivity index is 2.08. The van der Waals surface area contributed by atoms with Gasteiger partial charge in [0.1, 0.15) is 6.54 Å². The molecule has 0 aromatic heterocycles. The highest BCUT2D eigenvalue weighted by Crippen LogP contribution is 2.32. The zero-order valence-electron chi connectivity index (χ0n) is 18.5. The minimum absolute atomic E-state index is 0.226. The molecule has 32 heavy (non-hydrogen) atoms. The van der Waals surface area contributed by atoms with Crippen molar-refractivity contribution in [2.24, 2.45) is 5.10 Å². The molecule has 1 aliphatic carbocycles. The topological polar surface area (TPSA) is 78.8 Å². The van der Waals surface area contributed by atoms with Gasteiger partial charge in [-0.2, -0.15) is 18.3 Å². The summed E-state index contributed by atoms with van der Waals surface area (Å²) < 4.78 is 64.1. The van der Waals surface area contributed by atoms with Crippen molar-refractivity contribution in [3.63, 3.8) is 0 Å². The Morgan fingerprint density at radius 1 is 1.00 bits per heavy atom. The van der Waals surface area contributed by atoms with Gasteiger partial charge in [-0.05, 0) is 43.9 Å². The predicted octanol–water partition coefficient (Wildman–Crippen LogP) is 5.25. The van der Waals surface area contributed by atoms with E-state index < -0.39 is 34.2 Å². The molecule has 0 radical (unpaired) electrons. The molecule has 0 aliphatic heterocycles. The van der Waals surface area contributed by atoms with Gasteiger partial charge in [-0.3, -0.25) is 9.10 Å². The van der Waals surface area contributed by atoms with E-state index in [0.29, 0.717) is 10.4 Å². The van der Waals surface area contributed by atoms with E-state index in [1.54, 1.807) is 0 Å². The number of carbonyl (C=O) groups excluding carboxylic acids is 1. The largest absolute Gasteiger partial charge is 0.416 e. The Morgan fingerprint density at radius 3 is 2.03 bits per heavy atom. The van der Waals surface area contributed by atoms with Crippen LogP contribution in [0, 0.1) is 0 Å². The summed E-state index contributed by atoms with van der Waals surface area (Å²) in [7, 11) is -3.99. The van der Waals surface area contributed by atoms with Gasteiger partial charge in [-0.15, -0.1) is 0 Å². The first-order valence-electron chi connectivity index (χ1n) is 11.1. The van der Waals surface area contributed by atoms with Crippen LogP contribution in [0.15, 0.2) is 29.4 Å². The average Bonchev–Trinajstić information content (AvgIpc) is 2.70. The highest BCUT2D eigenvalue weighted by molar-refractivity contribution is 7.92. The lowest BCUT2D eigenvalue weighted by Gasteiger charge is -2.22. The number of halogens is 3. The molecule has 0 unspecified atom stereocenters. The molecule has 0 heterocycles. The smallest absolute Gasteiger partial charge is 0.271 e. The van der Waals surface area contributed by atoms with Crippen LogP contribution in [-0.4, -0.2) is 32.8 Å².